The number of hydrogen-bond acceptors (Lipinski definition) is 2. The molecular weight excluding hydrogens is 162 g/mol. The molecule has 0 aromatic carbocycles. The van der Waals surface area contributed by atoms with Crippen molar-refractivity contribution in [2.24, 2.45) is 0 Å². The number of nitrogens with one attached hydrogen (secondary N) is 2. The summed E-state index contributed by atoms with van der Waals surface area (Å²) in [5.74, 6) is 1.56. The molecule has 3 nitrogen and oxygen atoms in total. The molecule has 0 unspecified atom stereocenters. The lowest BCUT2D eigenvalue weighted by Gasteiger charge is -2.00. The molecule has 1 aromatic heterocycles. The third kappa shape index (κ3) is 3.19. The zero-order chi connectivity index (χ0) is 9.68. The summed E-state index contributed by atoms with van der Waals surface area (Å²) in [5, 5.41) is 3.33. The van der Waals surface area contributed by atoms with Gasteiger partial charge in [0.05, 0.1) is 0 Å². The predicted octanol–water partition coefficient (Wildman–Crippen LogP) is 2.03. The number of nitrogens with zero attached hydrogens (tertiary/aromatic N) is 1. The molecule has 0 aliphatic heterocycles. The second-order valence-corrected chi connectivity index (χ2v) is 3.63. The minimum atomic E-state index is 0.486. The maximum Gasteiger partial charge on any atom is 0.108 e. The first kappa shape index (κ1) is 10.3. The summed E-state index contributed by atoms with van der Waals surface area (Å²) in [6.45, 7) is 8.41. The fourth-order valence-corrected chi connectivity index (χ4v) is 1.16. The highest BCUT2D eigenvalue weighted by molar-refractivity contribution is 5.03. The molecule has 0 amide bonds. The fraction of sp³-hybridized carbons (Fsp3) is 0.700. The normalized spacial score (nSPS) is 11.1. The van der Waals surface area contributed by atoms with Crippen LogP contribution in [0.25, 0.3) is 0 Å². The van der Waals surface area contributed by atoms with E-state index in [0.29, 0.717) is 5.92 Å². The van der Waals surface area contributed by atoms with Crippen molar-refractivity contribution in [3.05, 3.63) is 17.7 Å². The lowest BCUT2D eigenvalue weighted by Crippen LogP contribution is -2.13. The lowest BCUT2D eigenvalue weighted by atomic mass is 10.2. The molecule has 13 heavy (non-hydrogen) atoms. The summed E-state index contributed by atoms with van der Waals surface area (Å²) in [7, 11) is 0. The molecule has 0 bridgehead atoms. The molecule has 1 rings (SSSR count). The fourth-order valence-electron chi connectivity index (χ4n) is 1.16. The van der Waals surface area contributed by atoms with Crippen LogP contribution in [0.5, 0.6) is 0 Å². The standard InChI is InChI=1S/C10H19N3/c1-4-5-11-6-9-7-12-10(13-9)8(2)3/h7-8,11H,4-6H2,1-3H3,(H,12,13). The Balaban J connectivity index is 2.40. The van der Waals surface area contributed by atoms with Gasteiger partial charge in [0.25, 0.3) is 0 Å². The van der Waals surface area contributed by atoms with E-state index in [1.54, 1.807) is 0 Å². The quantitative estimate of drug-likeness (QED) is 0.682. The largest absolute Gasteiger partial charge is 0.345 e. The van der Waals surface area contributed by atoms with Gasteiger partial charge in [-0.3, -0.25) is 0 Å². The molecule has 0 radical (unpaired) electrons. The molecule has 0 aliphatic rings. The van der Waals surface area contributed by atoms with Gasteiger partial charge < -0.3 is 10.3 Å². The smallest absolute Gasteiger partial charge is 0.108 e. The Labute approximate surface area is 80.0 Å². The summed E-state index contributed by atoms with van der Waals surface area (Å²) in [5.41, 5.74) is 1.18. The van der Waals surface area contributed by atoms with E-state index in [2.05, 4.69) is 36.1 Å². The lowest BCUT2D eigenvalue weighted by molar-refractivity contribution is 0.663. The van der Waals surface area contributed by atoms with Crippen molar-refractivity contribution in [1.29, 1.82) is 0 Å². The Morgan fingerprint density at radius 3 is 2.85 bits per heavy atom. The van der Waals surface area contributed by atoms with E-state index in [-0.39, 0.29) is 0 Å². The van der Waals surface area contributed by atoms with E-state index in [4.69, 9.17) is 0 Å². The Morgan fingerprint density at radius 1 is 1.54 bits per heavy atom. The summed E-state index contributed by atoms with van der Waals surface area (Å²) in [6.07, 6.45) is 3.09. The SMILES string of the molecule is CCCNCc1cnc(C(C)C)[nH]1. The molecule has 1 heterocycles. The Morgan fingerprint density at radius 2 is 2.31 bits per heavy atom. The molecule has 1 aromatic rings. The predicted molar refractivity (Wildman–Crippen MR) is 54.7 cm³/mol. The van der Waals surface area contributed by atoms with Gasteiger partial charge in [0.15, 0.2) is 0 Å². The highest BCUT2D eigenvalue weighted by Crippen LogP contribution is 2.08. The maximum atomic E-state index is 4.30. The average Bonchev–Trinajstić information content (AvgIpc) is 2.53. The van der Waals surface area contributed by atoms with Crippen molar-refractivity contribution < 1.29 is 0 Å². The van der Waals surface area contributed by atoms with E-state index < -0.39 is 0 Å². The Bertz CT molecular complexity index is 240. The van der Waals surface area contributed by atoms with Crippen molar-refractivity contribution in [1.82, 2.24) is 15.3 Å². The van der Waals surface area contributed by atoms with Crippen LogP contribution in [0.1, 0.15) is 44.6 Å². The Hall–Kier alpha value is -0.830. The minimum Gasteiger partial charge on any atom is -0.345 e. The molecule has 0 atom stereocenters. The summed E-state index contributed by atoms with van der Waals surface area (Å²) in [6, 6.07) is 0. The van der Waals surface area contributed by atoms with Crippen LogP contribution in [-0.4, -0.2) is 16.5 Å². The van der Waals surface area contributed by atoms with Crippen LogP contribution in [0.4, 0.5) is 0 Å². The summed E-state index contributed by atoms with van der Waals surface area (Å²) in [4.78, 5) is 7.60. The van der Waals surface area contributed by atoms with Crippen LogP contribution in [-0.2, 0) is 6.54 Å². The van der Waals surface area contributed by atoms with Crippen LogP contribution in [0.15, 0.2) is 6.20 Å². The van der Waals surface area contributed by atoms with Gasteiger partial charge in [0.2, 0.25) is 0 Å². The number of aromatic nitrogens is 2. The average molecular weight is 181 g/mol. The molecule has 0 saturated carbocycles. The number of imidazole rings is 1. The first-order valence-corrected chi connectivity index (χ1v) is 4.98. The highest BCUT2D eigenvalue weighted by Gasteiger charge is 2.03. The van der Waals surface area contributed by atoms with Crippen LogP contribution in [0.3, 0.4) is 0 Å². The molecule has 2 N–H and O–H groups in total. The topological polar surface area (TPSA) is 40.7 Å². The van der Waals surface area contributed by atoms with Crippen LogP contribution >= 0.6 is 0 Å². The second kappa shape index (κ2) is 5.02. The van der Waals surface area contributed by atoms with E-state index in [0.717, 1.165) is 18.9 Å². The summed E-state index contributed by atoms with van der Waals surface area (Å²) >= 11 is 0. The van der Waals surface area contributed by atoms with Crippen LogP contribution in [0, 0.1) is 0 Å². The molecular formula is C10H19N3. The van der Waals surface area contributed by atoms with E-state index in [1.807, 2.05) is 6.20 Å². The van der Waals surface area contributed by atoms with Gasteiger partial charge in [-0.15, -0.1) is 0 Å². The van der Waals surface area contributed by atoms with Crippen molar-refractivity contribution in [3.8, 4) is 0 Å². The third-order valence-electron chi connectivity index (χ3n) is 1.94. The zero-order valence-corrected chi connectivity index (χ0v) is 8.72. The molecule has 3 heteroatoms. The van der Waals surface area contributed by atoms with Gasteiger partial charge in [0.1, 0.15) is 5.82 Å². The van der Waals surface area contributed by atoms with Crippen molar-refractivity contribution >= 4 is 0 Å². The molecule has 0 saturated heterocycles. The first-order valence-electron chi connectivity index (χ1n) is 4.98. The minimum absolute atomic E-state index is 0.486. The number of rotatable bonds is 5. The second-order valence-electron chi connectivity index (χ2n) is 3.63. The monoisotopic (exact) mass is 181 g/mol. The van der Waals surface area contributed by atoms with Gasteiger partial charge >= 0.3 is 0 Å². The van der Waals surface area contributed by atoms with Gasteiger partial charge in [-0.2, -0.15) is 0 Å². The number of hydrogen-bond donors (Lipinski definition) is 2. The van der Waals surface area contributed by atoms with Gasteiger partial charge in [-0.05, 0) is 13.0 Å². The van der Waals surface area contributed by atoms with E-state index in [9.17, 15) is 0 Å². The Kier molecular flexibility index (Phi) is 3.96. The summed E-state index contributed by atoms with van der Waals surface area (Å²) < 4.78 is 0. The molecule has 0 aliphatic carbocycles. The molecule has 74 valence electrons. The van der Waals surface area contributed by atoms with Crippen molar-refractivity contribution in [2.45, 2.75) is 39.7 Å². The highest BCUT2D eigenvalue weighted by atomic mass is 15.0. The van der Waals surface area contributed by atoms with E-state index in [1.165, 1.54) is 12.1 Å². The molecule has 0 spiro atoms. The van der Waals surface area contributed by atoms with Crippen LogP contribution < -0.4 is 5.32 Å². The van der Waals surface area contributed by atoms with Crippen LogP contribution in [0.2, 0.25) is 0 Å². The third-order valence-corrected chi connectivity index (χ3v) is 1.94. The molecule has 0 fully saturated rings. The van der Waals surface area contributed by atoms with Gasteiger partial charge in [0, 0.05) is 24.4 Å². The maximum absolute atomic E-state index is 4.30. The van der Waals surface area contributed by atoms with Crippen molar-refractivity contribution in [2.75, 3.05) is 6.54 Å². The zero-order valence-electron chi connectivity index (χ0n) is 8.72. The van der Waals surface area contributed by atoms with Gasteiger partial charge in [-0.25, -0.2) is 4.98 Å². The number of aromatic amines is 1. The first-order chi connectivity index (χ1) is 6.24. The number of H-pyrrole nitrogens is 1. The van der Waals surface area contributed by atoms with E-state index >= 15 is 0 Å². The van der Waals surface area contributed by atoms with Gasteiger partial charge in [-0.1, -0.05) is 20.8 Å². The van der Waals surface area contributed by atoms with Crippen molar-refractivity contribution in [3.63, 3.8) is 0 Å².